The van der Waals surface area contributed by atoms with Gasteiger partial charge in [-0.2, -0.15) is 0 Å². The Bertz CT molecular complexity index is 115. The fourth-order valence-corrected chi connectivity index (χ4v) is 0.714. The fraction of sp³-hybridized carbons (Fsp3) is 1.00. The van der Waals surface area contributed by atoms with Crippen molar-refractivity contribution in [3.8, 4) is 0 Å². The van der Waals surface area contributed by atoms with E-state index >= 15 is 0 Å². The standard InChI is InChI=1S/C4H11O3P.Na.H/c1-3-4(2)8(5,6)7;;/h4H,3H2,1-2H3,(H2,5,6,7);;/q;+1;-1. The van der Waals surface area contributed by atoms with Crippen molar-refractivity contribution >= 4 is 7.60 Å². The van der Waals surface area contributed by atoms with E-state index in [0.29, 0.717) is 6.42 Å². The molecule has 2 N–H and O–H groups in total. The summed E-state index contributed by atoms with van der Waals surface area (Å²) in [4.78, 5) is 16.8. The Labute approximate surface area is 78.8 Å². The van der Waals surface area contributed by atoms with Crippen LogP contribution in [-0.4, -0.2) is 15.4 Å². The average Bonchev–Trinajstić information content (AvgIpc) is 1.62. The molecule has 0 aromatic heterocycles. The van der Waals surface area contributed by atoms with Gasteiger partial charge in [0.2, 0.25) is 0 Å². The smallest absolute Gasteiger partial charge is 1.00 e. The molecule has 0 spiro atoms. The first-order chi connectivity index (χ1) is 3.48. The maximum Gasteiger partial charge on any atom is 1.00 e. The summed E-state index contributed by atoms with van der Waals surface area (Å²) in [5.41, 5.74) is -0.484. The third kappa shape index (κ3) is 5.59. The van der Waals surface area contributed by atoms with Crippen molar-refractivity contribution in [2.24, 2.45) is 0 Å². The van der Waals surface area contributed by atoms with Gasteiger partial charge in [-0.25, -0.2) is 0 Å². The quantitative estimate of drug-likeness (QED) is 0.367. The molecule has 0 amide bonds. The summed E-state index contributed by atoms with van der Waals surface area (Å²) in [7, 11) is -3.76. The van der Waals surface area contributed by atoms with Crippen LogP contribution in [0.2, 0.25) is 0 Å². The maximum atomic E-state index is 10.3. The second-order valence-electron chi connectivity index (χ2n) is 1.85. The molecule has 0 aromatic rings. The molecule has 0 aliphatic heterocycles. The summed E-state index contributed by atoms with van der Waals surface area (Å²) in [6, 6.07) is 0. The van der Waals surface area contributed by atoms with Crippen molar-refractivity contribution in [2.75, 3.05) is 0 Å². The second-order valence-corrected chi connectivity index (χ2v) is 3.91. The van der Waals surface area contributed by atoms with Gasteiger partial charge >= 0.3 is 37.2 Å². The van der Waals surface area contributed by atoms with Crippen LogP contribution in [0.5, 0.6) is 0 Å². The molecule has 0 radical (unpaired) electrons. The predicted molar refractivity (Wildman–Crippen MR) is 32.9 cm³/mol. The van der Waals surface area contributed by atoms with Gasteiger partial charge in [0.05, 0.1) is 5.66 Å². The Morgan fingerprint density at radius 3 is 2.00 bits per heavy atom. The molecule has 0 heterocycles. The SMILES string of the molecule is CCC(C)P(=O)(O)O.[H-].[Na+]. The first-order valence-electron chi connectivity index (χ1n) is 2.53. The zero-order valence-corrected chi connectivity index (χ0v) is 8.93. The van der Waals surface area contributed by atoms with Crippen LogP contribution in [0.25, 0.3) is 0 Å². The van der Waals surface area contributed by atoms with E-state index in [0.717, 1.165) is 0 Å². The number of rotatable bonds is 2. The van der Waals surface area contributed by atoms with Crippen molar-refractivity contribution in [3.05, 3.63) is 0 Å². The normalized spacial score (nSPS) is 14.2. The molecule has 0 bridgehead atoms. The van der Waals surface area contributed by atoms with Crippen molar-refractivity contribution in [1.29, 1.82) is 0 Å². The summed E-state index contributed by atoms with van der Waals surface area (Å²) in [5.74, 6) is 0. The minimum atomic E-state index is -3.76. The Balaban J connectivity index is -0.000000245. The summed E-state index contributed by atoms with van der Waals surface area (Å²) in [5, 5.41) is 0. The van der Waals surface area contributed by atoms with Crippen LogP contribution in [0.4, 0.5) is 0 Å². The van der Waals surface area contributed by atoms with Gasteiger partial charge in [0.15, 0.2) is 0 Å². The molecule has 0 aliphatic carbocycles. The molecule has 9 heavy (non-hydrogen) atoms. The minimum Gasteiger partial charge on any atom is -1.00 e. The van der Waals surface area contributed by atoms with E-state index in [1.807, 2.05) is 0 Å². The van der Waals surface area contributed by atoms with Crippen LogP contribution in [-0.2, 0) is 4.57 Å². The Hall–Kier alpha value is 1.15. The largest absolute Gasteiger partial charge is 1.00 e. The van der Waals surface area contributed by atoms with Crippen molar-refractivity contribution in [2.45, 2.75) is 25.9 Å². The summed E-state index contributed by atoms with van der Waals surface area (Å²) < 4.78 is 10.3. The second kappa shape index (κ2) is 4.89. The van der Waals surface area contributed by atoms with Gasteiger partial charge in [0.1, 0.15) is 0 Å². The van der Waals surface area contributed by atoms with Crippen molar-refractivity contribution in [1.82, 2.24) is 0 Å². The van der Waals surface area contributed by atoms with E-state index in [2.05, 4.69) is 0 Å². The average molecular weight is 162 g/mol. The van der Waals surface area contributed by atoms with E-state index in [4.69, 9.17) is 9.79 Å². The molecular weight excluding hydrogens is 150 g/mol. The fourth-order valence-electron chi connectivity index (χ4n) is 0.238. The van der Waals surface area contributed by atoms with Gasteiger partial charge < -0.3 is 11.2 Å². The van der Waals surface area contributed by atoms with Crippen molar-refractivity contribution in [3.63, 3.8) is 0 Å². The van der Waals surface area contributed by atoms with Crippen LogP contribution in [0.15, 0.2) is 0 Å². The summed E-state index contributed by atoms with van der Waals surface area (Å²) in [6.45, 7) is 3.30. The third-order valence-corrected chi connectivity index (χ3v) is 2.68. The summed E-state index contributed by atoms with van der Waals surface area (Å²) in [6.07, 6.45) is 0.532. The van der Waals surface area contributed by atoms with E-state index in [1.54, 1.807) is 13.8 Å². The first kappa shape index (κ1) is 12.8. The molecule has 0 fully saturated rings. The molecule has 0 saturated heterocycles. The van der Waals surface area contributed by atoms with Gasteiger partial charge in [0, 0.05) is 0 Å². The van der Waals surface area contributed by atoms with Crippen molar-refractivity contribution < 1.29 is 45.3 Å². The number of hydrogen-bond acceptors (Lipinski definition) is 1. The third-order valence-electron chi connectivity index (χ3n) is 1.17. The molecule has 0 aromatic carbocycles. The van der Waals surface area contributed by atoms with Crippen LogP contribution in [0, 0.1) is 0 Å². The molecular formula is C4H12NaO3P. The first-order valence-corrected chi connectivity index (χ1v) is 4.22. The van der Waals surface area contributed by atoms with Crippen LogP contribution < -0.4 is 29.6 Å². The Morgan fingerprint density at radius 2 is 2.00 bits per heavy atom. The molecule has 52 valence electrons. The molecule has 3 nitrogen and oxygen atoms in total. The van der Waals surface area contributed by atoms with E-state index < -0.39 is 13.3 Å². The molecule has 1 atom stereocenters. The van der Waals surface area contributed by atoms with E-state index in [-0.39, 0.29) is 31.0 Å². The van der Waals surface area contributed by atoms with Gasteiger partial charge in [0.25, 0.3) is 0 Å². The Morgan fingerprint density at radius 1 is 1.67 bits per heavy atom. The summed E-state index contributed by atoms with van der Waals surface area (Å²) >= 11 is 0. The minimum absolute atomic E-state index is 0. The molecule has 5 heteroatoms. The number of hydrogen-bond donors (Lipinski definition) is 2. The molecule has 0 saturated carbocycles. The molecule has 0 rings (SSSR count). The van der Waals surface area contributed by atoms with Gasteiger partial charge in [-0.1, -0.05) is 13.8 Å². The zero-order chi connectivity index (χ0) is 6.78. The predicted octanol–water partition coefficient (Wildman–Crippen LogP) is -1.92. The van der Waals surface area contributed by atoms with Gasteiger partial charge in [-0.15, -0.1) is 0 Å². The maximum absolute atomic E-state index is 10.3. The van der Waals surface area contributed by atoms with Crippen LogP contribution in [0.3, 0.4) is 0 Å². The zero-order valence-electron chi connectivity index (χ0n) is 7.03. The van der Waals surface area contributed by atoms with E-state index in [9.17, 15) is 4.57 Å². The van der Waals surface area contributed by atoms with Crippen LogP contribution >= 0.6 is 7.60 Å². The monoisotopic (exact) mass is 162 g/mol. The van der Waals surface area contributed by atoms with Crippen LogP contribution in [0.1, 0.15) is 21.7 Å². The van der Waals surface area contributed by atoms with Gasteiger partial charge in [-0.3, -0.25) is 4.57 Å². The Kier molecular flexibility index (Phi) is 6.95. The van der Waals surface area contributed by atoms with Gasteiger partial charge in [-0.05, 0) is 6.42 Å². The van der Waals surface area contributed by atoms with E-state index in [1.165, 1.54) is 0 Å². The topological polar surface area (TPSA) is 57.5 Å². The molecule has 0 aliphatic rings. The molecule has 1 unspecified atom stereocenters.